The monoisotopic (exact) mass is 320 g/mol. The molecule has 2 heterocycles. The Hall–Kier alpha value is -1.07. The highest BCUT2D eigenvalue weighted by atomic mass is 16.3. The number of rotatable bonds is 5. The Bertz CT molecular complexity index is 434. The number of likely N-dealkylation sites (tertiary alicyclic amines) is 1. The molecule has 0 spiro atoms. The lowest BCUT2D eigenvalue weighted by Gasteiger charge is -2.31. The summed E-state index contributed by atoms with van der Waals surface area (Å²) in [7, 11) is 1.89. The summed E-state index contributed by atoms with van der Waals surface area (Å²) in [6.07, 6.45) is 11.8. The van der Waals surface area contributed by atoms with E-state index in [1.165, 1.54) is 32.1 Å². The van der Waals surface area contributed by atoms with Gasteiger partial charge in [-0.15, -0.1) is 0 Å². The molecule has 130 valence electrons. The molecule has 0 amide bonds. The largest absolute Gasteiger partial charge is 0.396 e. The second-order valence-corrected chi connectivity index (χ2v) is 7.40. The van der Waals surface area contributed by atoms with Gasteiger partial charge in [0, 0.05) is 52.4 Å². The number of guanidine groups is 1. The van der Waals surface area contributed by atoms with Crippen molar-refractivity contribution in [1.82, 2.24) is 15.1 Å². The van der Waals surface area contributed by atoms with Gasteiger partial charge in [-0.2, -0.15) is 0 Å². The summed E-state index contributed by atoms with van der Waals surface area (Å²) < 4.78 is 0. The maximum absolute atomic E-state index is 9.40. The summed E-state index contributed by atoms with van der Waals surface area (Å²) in [5.41, 5.74) is 0.280. The van der Waals surface area contributed by atoms with E-state index in [1.807, 2.05) is 7.05 Å². The van der Waals surface area contributed by atoms with Crippen molar-refractivity contribution in [3.63, 3.8) is 0 Å². The van der Waals surface area contributed by atoms with Gasteiger partial charge in [0.1, 0.15) is 0 Å². The quantitative estimate of drug-likeness (QED) is 0.457. The fourth-order valence-corrected chi connectivity index (χ4v) is 4.50. The highest BCUT2D eigenvalue weighted by Crippen LogP contribution is 2.40. The Morgan fingerprint density at radius 2 is 2.04 bits per heavy atom. The minimum absolute atomic E-state index is 0.280. The molecule has 1 saturated heterocycles. The minimum atomic E-state index is 0.280. The molecule has 0 aromatic rings. The van der Waals surface area contributed by atoms with Gasteiger partial charge in [0.15, 0.2) is 5.96 Å². The van der Waals surface area contributed by atoms with Crippen LogP contribution < -0.4 is 5.32 Å². The first-order valence-corrected chi connectivity index (χ1v) is 9.22. The molecule has 23 heavy (non-hydrogen) atoms. The second-order valence-electron chi connectivity index (χ2n) is 7.40. The standard InChI is InChI=1S/C18H32N4O/c1-19-17(20-15-18(9-13-23)7-2-3-8-18)22-12-6-16(14-22)21-10-4-5-11-21/h4-5,16,23H,2-3,6-15H2,1H3,(H,19,20). The molecule has 1 unspecified atom stereocenters. The van der Waals surface area contributed by atoms with Crippen LogP contribution in [-0.4, -0.2) is 73.3 Å². The Morgan fingerprint density at radius 1 is 1.30 bits per heavy atom. The van der Waals surface area contributed by atoms with Crippen LogP contribution in [-0.2, 0) is 0 Å². The third-order valence-electron chi connectivity index (χ3n) is 5.97. The summed E-state index contributed by atoms with van der Waals surface area (Å²) >= 11 is 0. The van der Waals surface area contributed by atoms with Crippen LogP contribution in [0.5, 0.6) is 0 Å². The fourth-order valence-electron chi connectivity index (χ4n) is 4.50. The molecule has 1 atom stereocenters. The number of aliphatic hydroxyl groups excluding tert-OH is 1. The Balaban J connectivity index is 1.52. The maximum atomic E-state index is 9.40. The molecule has 5 heteroatoms. The fraction of sp³-hybridized carbons (Fsp3) is 0.833. The Morgan fingerprint density at radius 3 is 2.70 bits per heavy atom. The first-order valence-electron chi connectivity index (χ1n) is 9.22. The second kappa shape index (κ2) is 7.67. The van der Waals surface area contributed by atoms with Gasteiger partial charge in [-0.3, -0.25) is 9.89 Å². The van der Waals surface area contributed by atoms with E-state index < -0.39 is 0 Å². The summed E-state index contributed by atoms with van der Waals surface area (Å²) in [5, 5.41) is 13.0. The molecule has 1 saturated carbocycles. The third-order valence-corrected chi connectivity index (χ3v) is 5.97. The van der Waals surface area contributed by atoms with Crippen molar-refractivity contribution in [2.24, 2.45) is 10.4 Å². The number of hydrogen-bond donors (Lipinski definition) is 2. The van der Waals surface area contributed by atoms with Crippen molar-refractivity contribution < 1.29 is 5.11 Å². The first-order chi connectivity index (χ1) is 11.3. The Kier molecular flexibility index (Phi) is 5.59. The zero-order valence-electron chi connectivity index (χ0n) is 14.5. The van der Waals surface area contributed by atoms with Crippen LogP contribution in [0.15, 0.2) is 17.1 Å². The number of hydrogen-bond acceptors (Lipinski definition) is 3. The molecule has 5 nitrogen and oxygen atoms in total. The van der Waals surface area contributed by atoms with Crippen LogP contribution in [0, 0.1) is 5.41 Å². The Labute approximate surface area is 140 Å². The zero-order valence-corrected chi connectivity index (χ0v) is 14.5. The van der Waals surface area contributed by atoms with E-state index in [-0.39, 0.29) is 5.41 Å². The molecule has 0 aromatic carbocycles. The molecule has 0 aromatic heterocycles. The van der Waals surface area contributed by atoms with Gasteiger partial charge in [-0.1, -0.05) is 25.0 Å². The molecule has 2 fully saturated rings. The number of aliphatic hydroxyl groups is 1. The van der Waals surface area contributed by atoms with Crippen molar-refractivity contribution in [3.05, 3.63) is 12.2 Å². The molecule has 0 radical (unpaired) electrons. The van der Waals surface area contributed by atoms with Crippen LogP contribution in [0.25, 0.3) is 0 Å². The van der Waals surface area contributed by atoms with Gasteiger partial charge in [0.2, 0.25) is 0 Å². The van der Waals surface area contributed by atoms with Crippen molar-refractivity contribution in [2.45, 2.75) is 44.6 Å². The summed E-state index contributed by atoms with van der Waals surface area (Å²) in [4.78, 5) is 9.48. The van der Waals surface area contributed by atoms with E-state index in [2.05, 4.69) is 32.3 Å². The summed E-state index contributed by atoms with van der Waals surface area (Å²) in [5.74, 6) is 1.05. The predicted molar refractivity (Wildman–Crippen MR) is 94.7 cm³/mol. The van der Waals surface area contributed by atoms with Crippen LogP contribution in [0.4, 0.5) is 0 Å². The topological polar surface area (TPSA) is 51.1 Å². The van der Waals surface area contributed by atoms with E-state index in [0.717, 1.165) is 45.1 Å². The van der Waals surface area contributed by atoms with E-state index >= 15 is 0 Å². The smallest absolute Gasteiger partial charge is 0.193 e. The zero-order chi connectivity index (χ0) is 16.1. The lowest BCUT2D eigenvalue weighted by atomic mass is 9.83. The van der Waals surface area contributed by atoms with Gasteiger partial charge in [-0.25, -0.2) is 0 Å². The van der Waals surface area contributed by atoms with Crippen LogP contribution >= 0.6 is 0 Å². The maximum Gasteiger partial charge on any atom is 0.193 e. The molecule has 2 aliphatic heterocycles. The predicted octanol–water partition coefficient (Wildman–Crippen LogP) is 1.45. The van der Waals surface area contributed by atoms with Crippen molar-refractivity contribution in [1.29, 1.82) is 0 Å². The number of aliphatic imine (C=N–C) groups is 1. The van der Waals surface area contributed by atoms with Crippen LogP contribution in [0.3, 0.4) is 0 Å². The van der Waals surface area contributed by atoms with Crippen molar-refractivity contribution >= 4 is 5.96 Å². The lowest BCUT2D eigenvalue weighted by molar-refractivity contribution is 0.184. The molecule has 0 bridgehead atoms. The highest BCUT2D eigenvalue weighted by molar-refractivity contribution is 5.80. The highest BCUT2D eigenvalue weighted by Gasteiger charge is 2.35. The molecule has 3 rings (SSSR count). The van der Waals surface area contributed by atoms with Gasteiger partial charge in [0.05, 0.1) is 0 Å². The van der Waals surface area contributed by atoms with E-state index in [0.29, 0.717) is 12.6 Å². The SMILES string of the molecule is CN=C(NCC1(CCO)CCCC1)N1CCC(N2CC=CC2)C1. The third kappa shape index (κ3) is 3.89. The minimum Gasteiger partial charge on any atom is -0.396 e. The van der Waals surface area contributed by atoms with E-state index in [4.69, 9.17) is 0 Å². The number of nitrogens with zero attached hydrogens (tertiary/aromatic N) is 3. The van der Waals surface area contributed by atoms with Crippen molar-refractivity contribution in [3.8, 4) is 0 Å². The van der Waals surface area contributed by atoms with Gasteiger partial charge in [-0.05, 0) is 31.1 Å². The number of nitrogens with one attached hydrogen (secondary N) is 1. The molecule has 2 N–H and O–H groups in total. The first kappa shape index (κ1) is 16.8. The normalized spacial score (nSPS) is 28.0. The van der Waals surface area contributed by atoms with Gasteiger partial charge < -0.3 is 15.3 Å². The van der Waals surface area contributed by atoms with Crippen molar-refractivity contribution in [2.75, 3.05) is 46.4 Å². The molecular weight excluding hydrogens is 288 g/mol. The van der Waals surface area contributed by atoms with Crippen LogP contribution in [0.1, 0.15) is 38.5 Å². The van der Waals surface area contributed by atoms with E-state index in [9.17, 15) is 5.11 Å². The average molecular weight is 320 g/mol. The summed E-state index contributed by atoms with van der Waals surface area (Å²) in [6, 6.07) is 0.654. The lowest BCUT2D eigenvalue weighted by Crippen LogP contribution is -2.46. The molecule has 1 aliphatic carbocycles. The molecule has 3 aliphatic rings. The summed E-state index contributed by atoms with van der Waals surface area (Å²) in [6.45, 7) is 5.62. The van der Waals surface area contributed by atoms with Crippen LogP contribution in [0.2, 0.25) is 0 Å². The molecular formula is C18H32N4O. The van der Waals surface area contributed by atoms with Gasteiger partial charge >= 0.3 is 0 Å². The van der Waals surface area contributed by atoms with E-state index in [1.54, 1.807) is 0 Å². The van der Waals surface area contributed by atoms with Gasteiger partial charge in [0.25, 0.3) is 0 Å². The average Bonchev–Trinajstić information content (AvgIpc) is 3.30.